The highest BCUT2D eigenvalue weighted by molar-refractivity contribution is 6.42. The van der Waals surface area contributed by atoms with Crippen molar-refractivity contribution in [3.8, 4) is 0 Å². The van der Waals surface area contributed by atoms with Crippen LogP contribution in [0.1, 0.15) is 25.7 Å². The van der Waals surface area contributed by atoms with Crippen LogP contribution >= 0.6 is 23.2 Å². The predicted octanol–water partition coefficient (Wildman–Crippen LogP) is 4.05. The lowest BCUT2D eigenvalue weighted by Gasteiger charge is -2.20. The van der Waals surface area contributed by atoms with E-state index >= 15 is 0 Å². The van der Waals surface area contributed by atoms with Crippen LogP contribution in [0, 0.1) is 5.92 Å². The number of hydrogen-bond acceptors (Lipinski definition) is 2. The third-order valence-corrected chi connectivity index (χ3v) is 4.40. The van der Waals surface area contributed by atoms with E-state index in [1.54, 1.807) is 18.2 Å². The van der Waals surface area contributed by atoms with Crippen molar-refractivity contribution in [1.82, 2.24) is 4.90 Å². The van der Waals surface area contributed by atoms with Gasteiger partial charge in [-0.05, 0) is 44.0 Å². The largest absolute Gasteiger partial charge is 0.325 e. The van der Waals surface area contributed by atoms with Gasteiger partial charge in [0.05, 0.1) is 16.6 Å². The quantitative estimate of drug-likeness (QED) is 0.889. The topological polar surface area (TPSA) is 32.3 Å². The fourth-order valence-corrected chi connectivity index (χ4v) is 3.02. The van der Waals surface area contributed by atoms with E-state index < -0.39 is 0 Å². The summed E-state index contributed by atoms with van der Waals surface area (Å²) in [6, 6.07) is 5.10. The molecule has 0 saturated heterocycles. The molecule has 0 atom stereocenters. The summed E-state index contributed by atoms with van der Waals surface area (Å²) in [7, 11) is 1.99. The third kappa shape index (κ3) is 4.65. The number of rotatable bonds is 5. The van der Waals surface area contributed by atoms with Crippen molar-refractivity contribution in [1.29, 1.82) is 0 Å². The van der Waals surface area contributed by atoms with Crippen LogP contribution in [-0.4, -0.2) is 30.9 Å². The minimum Gasteiger partial charge on any atom is -0.325 e. The van der Waals surface area contributed by atoms with E-state index in [9.17, 15) is 4.79 Å². The highest BCUT2D eigenvalue weighted by Crippen LogP contribution is 2.26. The average molecular weight is 315 g/mol. The molecule has 0 aliphatic heterocycles. The van der Waals surface area contributed by atoms with E-state index in [0.717, 1.165) is 12.5 Å². The Morgan fingerprint density at radius 3 is 2.65 bits per heavy atom. The molecule has 1 amide bonds. The second kappa shape index (κ2) is 7.30. The van der Waals surface area contributed by atoms with Crippen LogP contribution in [-0.2, 0) is 4.79 Å². The Balaban J connectivity index is 1.80. The molecule has 1 fully saturated rings. The van der Waals surface area contributed by atoms with Gasteiger partial charge in [-0.3, -0.25) is 9.69 Å². The van der Waals surface area contributed by atoms with Crippen LogP contribution in [0.2, 0.25) is 10.0 Å². The van der Waals surface area contributed by atoms with Crippen molar-refractivity contribution in [2.75, 3.05) is 25.5 Å². The molecule has 1 aliphatic rings. The van der Waals surface area contributed by atoms with Gasteiger partial charge in [0.1, 0.15) is 0 Å². The van der Waals surface area contributed by atoms with Crippen molar-refractivity contribution >= 4 is 34.8 Å². The van der Waals surface area contributed by atoms with Gasteiger partial charge in [0.2, 0.25) is 5.91 Å². The lowest BCUT2D eigenvalue weighted by Crippen LogP contribution is -2.33. The smallest absolute Gasteiger partial charge is 0.238 e. The summed E-state index contributed by atoms with van der Waals surface area (Å²) in [4.78, 5) is 14.1. The van der Waals surface area contributed by atoms with Crippen molar-refractivity contribution < 1.29 is 4.79 Å². The molecular formula is C15H20Cl2N2O. The van der Waals surface area contributed by atoms with Crippen LogP contribution in [0.15, 0.2) is 18.2 Å². The standard InChI is InChI=1S/C15H20Cl2N2O/c1-19(9-11-4-2-3-5-11)10-15(20)18-12-6-7-13(16)14(17)8-12/h6-8,11H,2-5,9-10H2,1H3,(H,18,20). The monoisotopic (exact) mass is 314 g/mol. The fourth-order valence-electron chi connectivity index (χ4n) is 2.72. The normalized spacial score (nSPS) is 15.8. The van der Waals surface area contributed by atoms with Gasteiger partial charge in [0, 0.05) is 12.2 Å². The molecule has 0 aromatic heterocycles. The summed E-state index contributed by atoms with van der Waals surface area (Å²) in [6.07, 6.45) is 5.24. The van der Waals surface area contributed by atoms with Crippen molar-refractivity contribution in [2.45, 2.75) is 25.7 Å². The summed E-state index contributed by atoms with van der Waals surface area (Å²) < 4.78 is 0. The first-order chi connectivity index (χ1) is 9.54. The summed E-state index contributed by atoms with van der Waals surface area (Å²) in [6.45, 7) is 1.39. The SMILES string of the molecule is CN(CC(=O)Nc1ccc(Cl)c(Cl)c1)CC1CCCC1. The summed E-state index contributed by atoms with van der Waals surface area (Å²) in [5.74, 6) is 0.724. The Kier molecular flexibility index (Phi) is 5.70. The Hall–Kier alpha value is -0.770. The maximum absolute atomic E-state index is 12.0. The molecule has 110 valence electrons. The number of carbonyl (C=O) groups excluding carboxylic acids is 1. The second-order valence-electron chi connectivity index (χ2n) is 5.52. The molecule has 5 heteroatoms. The number of nitrogens with zero attached hydrogens (tertiary/aromatic N) is 1. The van der Waals surface area contributed by atoms with Crippen molar-refractivity contribution in [2.24, 2.45) is 5.92 Å². The molecule has 0 unspecified atom stereocenters. The van der Waals surface area contributed by atoms with E-state index in [1.165, 1.54) is 25.7 Å². The van der Waals surface area contributed by atoms with Crippen LogP contribution in [0.3, 0.4) is 0 Å². The number of anilines is 1. The molecule has 0 bridgehead atoms. The van der Waals surface area contributed by atoms with Gasteiger partial charge >= 0.3 is 0 Å². The molecule has 0 heterocycles. The van der Waals surface area contributed by atoms with Crippen molar-refractivity contribution in [3.05, 3.63) is 28.2 Å². The lowest BCUT2D eigenvalue weighted by molar-refractivity contribution is -0.117. The molecule has 3 nitrogen and oxygen atoms in total. The first kappa shape index (κ1) is 15.6. The second-order valence-corrected chi connectivity index (χ2v) is 6.34. The molecule has 1 aromatic carbocycles. The Bertz CT molecular complexity index is 473. The fraction of sp³-hybridized carbons (Fsp3) is 0.533. The Morgan fingerprint density at radius 2 is 2.00 bits per heavy atom. The van der Waals surface area contributed by atoms with Gasteiger partial charge in [0.15, 0.2) is 0 Å². The van der Waals surface area contributed by atoms with Gasteiger partial charge in [-0.2, -0.15) is 0 Å². The highest BCUT2D eigenvalue weighted by atomic mass is 35.5. The van der Waals surface area contributed by atoms with E-state index in [2.05, 4.69) is 10.2 Å². The van der Waals surface area contributed by atoms with E-state index in [-0.39, 0.29) is 5.91 Å². The molecule has 2 rings (SSSR count). The Labute approximate surface area is 130 Å². The van der Waals surface area contributed by atoms with E-state index in [1.807, 2.05) is 7.05 Å². The zero-order valence-electron chi connectivity index (χ0n) is 11.7. The summed E-state index contributed by atoms with van der Waals surface area (Å²) in [5.41, 5.74) is 0.679. The highest BCUT2D eigenvalue weighted by Gasteiger charge is 2.18. The van der Waals surface area contributed by atoms with Crippen LogP contribution in [0.4, 0.5) is 5.69 Å². The van der Waals surface area contributed by atoms with Gasteiger partial charge in [-0.1, -0.05) is 36.0 Å². The zero-order chi connectivity index (χ0) is 14.5. The molecule has 20 heavy (non-hydrogen) atoms. The molecule has 1 saturated carbocycles. The van der Waals surface area contributed by atoms with Crippen LogP contribution in [0.5, 0.6) is 0 Å². The minimum atomic E-state index is -0.0242. The first-order valence-corrected chi connectivity index (χ1v) is 7.73. The molecule has 1 N–H and O–H groups in total. The number of halogens is 2. The lowest BCUT2D eigenvalue weighted by atomic mass is 10.1. The number of nitrogens with one attached hydrogen (secondary N) is 1. The van der Waals surface area contributed by atoms with Gasteiger partial charge in [-0.25, -0.2) is 0 Å². The average Bonchev–Trinajstić information content (AvgIpc) is 2.86. The molecule has 0 radical (unpaired) electrons. The molecule has 1 aromatic rings. The van der Waals surface area contributed by atoms with Crippen LogP contribution in [0.25, 0.3) is 0 Å². The van der Waals surface area contributed by atoms with E-state index in [4.69, 9.17) is 23.2 Å². The summed E-state index contributed by atoms with van der Waals surface area (Å²) in [5, 5.41) is 3.78. The molecule has 1 aliphatic carbocycles. The van der Waals surface area contributed by atoms with Gasteiger partial charge in [-0.15, -0.1) is 0 Å². The third-order valence-electron chi connectivity index (χ3n) is 3.66. The molecular weight excluding hydrogens is 295 g/mol. The molecule has 0 spiro atoms. The first-order valence-electron chi connectivity index (χ1n) is 6.98. The predicted molar refractivity (Wildman–Crippen MR) is 84.5 cm³/mol. The number of benzene rings is 1. The van der Waals surface area contributed by atoms with E-state index in [0.29, 0.717) is 22.3 Å². The number of hydrogen-bond donors (Lipinski definition) is 1. The van der Waals surface area contributed by atoms with Gasteiger partial charge < -0.3 is 5.32 Å². The van der Waals surface area contributed by atoms with Gasteiger partial charge in [0.25, 0.3) is 0 Å². The van der Waals surface area contributed by atoms with Crippen molar-refractivity contribution in [3.63, 3.8) is 0 Å². The minimum absolute atomic E-state index is 0.0242. The maximum Gasteiger partial charge on any atom is 0.238 e. The Morgan fingerprint density at radius 1 is 1.30 bits per heavy atom. The zero-order valence-corrected chi connectivity index (χ0v) is 13.2. The number of amides is 1. The number of likely N-dealkylation sites (N-methyl/N-ethyl adjacent to an activating group) is 1. The number of carbonyl (C=O) groups is 1. The summed E-state index contributed by atoms with van der Waals surface area (Å²) >= 11 is 11.8. The maximum atomic E-state index is 12.0. The van der Waals surface area contributed by atoms with Crippen LogP contribution < -0.4 is 5.32 Å².